The summed E-state index contributed by atoms with van der Waals surface area (Å²) in [6.07, 6.45) is 9.59. The van der Waals surface area contributed by atoms with Crippen LogP contribution in [-0.2, 0) is 4.74 Å². The van der Waals surface area contributed by atoms with E-state index in [2.05, 4.69) is 26.1 Å². The maximum absolute atomic E-state index is 5.50. The van der Waals surface area contributed by atoms with Crippen LogP contribution < -0.4 is 5.32 Å². The van der Waals surface area contributed by atoms with E-state index in [1.165, 1.54) is 58.0 Å². The van der Waals surface area contributed by atoms with Crippen LogP contribution in [0.4, 0.5) is 0 Å². The van der Waals surface area contributed by atoms with E-state index >= 15 is 0 Å². The van der Waals surface area contributed by atoms with E-state index in [1.54, 1.807) is 0 Å². The molecule has 19 heavy (non-hydrogen) atoms. The SMILES string of the molecule is CCCNCC1CCC(CC)CC1CCCOCC. The fourth-order valence-electron chi connectivity index (χ4n) is 3.47. The molecule has 1 aliphatic rings. The second-order valence-corrected chi connectivity index (χ2v) is 6.15. The van der Waals surface area contributed by atoms with E-state index in [1.807, 2.05) is 0 Å². The van der Waals surface area contributed by atoms with Gasteiger partial charge >= 0.3 is 0 Å². The molecule has 0 radical (unpaired) electrons. The lowest BCUT2D eigenvalue weighted by Crippen LogP contribution is -2.33. The molecule has 0 saturated heterocycles. The predicted octanol–water partition coefficient (Wildman–Crippen LogP) is 4.25. The molecule has 3 unspecified atom stereocenters. The maximum atomic E-state index is 5.50. The first-order valence-electron chi connectivity index (χ1n) is 8.60. The normalized spacial score (nSPS) is 27.6. The van der Waals surface area contributed by atoms with Gasteiger partial charge in [0.15, 0.2) is 0 Å². The standard InChI is InChI=1S/C17H35NO/c1-4-11-18-14-17-10-9-15(5-2)13-16(17)8-7-12-19-6-3/h15-18H,4-14H2,1-3H3. The van der Waals surface area contributed by atoms with Crippen LogP contribution in [0, 0.1) is 17.8 Å². The zero-order chi connectivity index (χ0) is 13.9. The van der Waals surface area contributed by atoms with Crippen molar-refractivity contribution in [3.63, 3.8) is 0 Å². The fraction of sp³-hybridized carbons (Fsp3) is 1.00. The van der Waals surface area contributed by atoms with Crippen LogP contribution in [0.5, 0.6) is 0 Å². The molecule has 1 saturated carbocycles. The summed E-state index contributed by atoms with van der Waals surface area (Å²) < 4.78 is 5.50. The molecule has 2 heteroatoms. The maximum Gasteiger partial charge on any atom is 0.0465 e. The minimum absolute atomic E-state index is 0.865. The first-order chi connectivity index (χ1) is 9.31. The molecule has 1 fully saturated rings. The minimum Gasteiger partial charge on any atom is -0.382 e. The summed E-state index contributed by atoms with van der Waals surface area (Å²) >= 11 is 0. The third-order valence-corrected chi connectivity index (χ3v) is 4.73. The van der Waals surface area contributed by atoms with Crippen molar-refractivity contribution in [3.8, 4) is 0 Å². The molecule has 0 spiro atoms. The topological polar surface area (TPSA) is 21.3 Å². The van der Waals surface area contributed by atoms with E-state index < -0.39 is 0 Å². The molecular formula is C17H35NO. The van der Waals surface area contributed by atoms with Gasteiger partial charge in [-0.1, -0.05) is 26.7 Å². The van der Waals surface area contributed by atoms with Gasteiger partial charge in [0.25, 0.3) is 0 Å². The molecule has 1 N–H and O–H groups in total. The van der Waals surface area contributed by atoms with E-state index in [9.17, 15) is 0 Å². The van der Waals surface area contributed by atoms with Gasteiger partial charge in [-0.15, -0.1) is 0 Å². The highest BCUT2D eigenvalue weighted by Crippen LogP contribution is 2.37. The third-order valence-electron chi connectivity index (χ3n) is 4.73. The molecule has 3 atom stereocenters. The lowest BCUT2D eigenvalue weighted by atomic mass is 9.71. The van der Waals surface area contributed by atoms with E-state index in [0.29, 0.717) is 0 Å². The lowest BCUT2D eigenvalue weighted by molar-refractivity contribution is 0.117. The summed E-state index contributed by atoms with van der Waals surface area (Å²) in [6, 6.07) is 0. The Hall–Kier alpha value is -0.0800. The van der Waals surface area contributed by atoms with Crippen LogP contribution in [-0.4, -0.2) is 26.3 Å². The minimum atomic E-state index is 0.865. The van der Waals surface area contributed by atoms with Gasteiger partial charge in [0.1, 0.15) is 0 Å². The molecule has 1 aliphatic carbocycles. The van der Waals surface area contributed by atoms with Crippen molar-refractivity contribution >= 4 is 0 Å². The molecule has 1 rings (SSSR count). The van der Waals surface area contributed by atoms with Crippen molar-refractivity contribution in [1.82, 2.24) is 5.32 Å². The average molecular weight is 269 g/mol. The van der Waals surface area contributed by atoms with Gasteiger partial charge < -0.3 is 10.1 Å². The van der Waals surface area contributed by atoms with Gasteiger partial charge in [-0.3, -0.25) is 0 Å². The molecule has 0 amide bonds. The number of ether oxygens (including phenoxy) is 1. The first kappa shape index (κ1) is 17.0. The highest BCUT2D eigenvalue weighted by atomic mass is 16.5. The van der Waals surface area contributed by atoms with Crippen molar-refractivity contribution in [3.05, 3.63) is 0 Å². The Kier molecular flexibility index (Phi) is 9.54. The Morgan fingerprint density at radius 3 is 2.63 bits per heavy atom. The van der Waals surface area contributed by atoms with Gasteiger partial charge in [-0.2, -0.15) is 0 Å². The second kappa shape index (κ2) is 10.7. The summed E-state index contributed by atoms with van der Waals surface area (Å²) in [5.41, 5.74) is 0. The molecule has 0 aromatic rings. The molecule has 0 aromatic heterocycles. The average Bonchev–Trinajstić information content (AvgIpc) is 2.45. The molecule has 2 nitrogen and oxygen atoms in total. The Morgan fingerprint density at radius 1 is 1.11 bits per heavy atom. The van der Waals surface area contributed by atoms with Crippen molar-refractivity contribution < 1.29 is 4.74 Å². The Bertz CT molecular complexity index is 205. The monoisotopic (exact) mass is 269 g/mol. The Balaban J connectivity index is 2.32. The van der Waals surface area contributed by atoms with Gasteiger partial charge in [-0.05, 0) is 69.9 Å². The number of rotatable bonds is 10. The predicted molar refractivity (Wildman–Crippen MR) is 83.5 cm³/mol. The van der Waals surface area contributed by atoms with Crippen LogP contribution in [0.15, 0.2) is 0 Å². The zero-order valence-corrected chi connectivity index (χ0v) is 13.4. The van der Waals surface area contributed by atoms with Crippen LogP contribution in [0.1, 0.15) is 65.7 Å². The van der Waals surface area contributed by atoms with Crippen molar-refractivity contribution in [1.29, 1.82) is 0 Å². The Labute approximate surface area is 120 Å². The smallest absolute Gasteiger partial charge is 0.0465 e. The molecule has 114 valence electrons. The van der Waals surface area contributed by atoms with Gasteiger partial charge in [-0.25, -0.2) is 0 Å². The van der Waals surface area contributed by atoms with E-state index in [4.69, 9.17) is 4.74 Å². The first-order valence-corrected chi connectivity index (χ1v) is 8.60. The summed E-state index contributed by atoms with van der Waals surface area (Å²) in [6.45, 7) is 10.9. The molecule has 0 heterocycles. The van der Waals surface area contributed by atoms with Gasteiger partial charge in [0, 0.05) is 13.2 Å². The highest BCUT2D eigenvalue weighted by Gasteiger charge is 2.28. The van der Waals surface area contributed by atoms with Crippen LogP contribution in [0.3, 0.4) is 0 Å². The van der Waals surface area contributed by atoms with Crippen molar-refractivity contribution in [2.24, 2.45) is 17.8 Å². The second-order valence-electron chi connectivity index (χ2n) is 6.15. The zero-order valence-electron chi connectivity index (χ0n) is 13.4. The molecular weight excluding hydrogens is 234 g/mol. The van der Waals surface area contributed by atoms with E-state index in [-0.39, 0.29) is 0 Å². The quantitative estimate of drug-likeness (QED) is 0.599. The number of nitrogens with one attached hydrogen (secondary N) is 1. The summed E-state index contributed by atoms with van der Waals surface area (Å²) in [5.74, 6) is 2.83. The lowest BCUT2D eigenvalue weighted by Gasteiger charge is -2.36. The highest BCUT2D eigenvalue weighted by molar-refractivity contribution is 4.81. The summed E-state index contributed by atoms with van der Waals surface area (Å²) in [7, 11) is 0. The van der Waals surface area contributed by atoms with Crippen LogP contribution in [0.25, 0.3) is 0 Å². The summed E-state index contributed by atoms with van der Waals surface area (Å²) in [4.78, 5) is 0. The summed E-state index contributed by atoms with van der Waals surface area (Å²) in [5, 5.41) is 3.64. The third kappa shape index (κ3) is 6.76. The number of hydrogen-bond donors (Lipinski definition) is 1. The molecule has 0 aliphatic heterocycles. The van der Waals surface area contributed by atoms with E-state index in [0.717, 1.165) is 31.0 Å². The largest absolute Gasteiger partial charge is 0.382 e. The van der Waals surface area contributed by atoms with Gasteiger partial charge in [0.2, 0.25) is 0 Å². The molecule has 0 aromatic carbocycles. The van der Waals surface area contributed by atoms with Crippen molar-refractivity contribution in [2.45, 2.75) is 65.7 Å². The fourth-order valence-corrected chi connectivity index (χ4v) is 3.47. The molecule has 0 bridgehead atoms. The number of hydrogen-bond acceptors (Lipinski definition) is 2. The Morgan fingerprint density at radius 2 is 1.95 bits per heavy atom. The van der Waals surface area contributed by atoms with Crippen molar-refractivity contribution in [2.75, 3.05) is 26.3 Å². The van der Waals surface area contributed by atoms with Gasteiger partial charge in [0.05, 0.1) is 0 Å². The van der Waals surface area contributed by atoms with Crippen LogP contribution >= 0.6 is 0 Å². The van der Waals surface area contributed by atoms with Crippen LogP contribution in [0.2, 0.25) is 0 Å².